The Bertz CT molecular complexity index is 756. The summed E-state index contributed by atoms with van der Waals surface area (Å²) in [6.45, 7) is 6.56. The molecule has 0 fully saturated rings. The lowest BCUT2D eigenvalue weighted by atomic mass is 10.2. The smallest absolute Gasteiger partial charge is 0.156 e. The van der Waals surface area contributed by atoms with Crippen LogP contribution in [0.2, 0.25) is 0 Å². The van der Waals surface area contributed by atoms with Crippen LogP contribution in [-0.4, -0.2) is 19.7 Å². The summed E-state index contributed by atoms with van der Waals surface area (Å²) >= 11 is 0. The second-order valence-electron chi connectivity index (χ2n) is 4.69. The summed E-state index contributed by atoms with van der Waals surface area (Å²) in [5.74, 6) is 1.31. The molecule has 0 saturated carbocycles. The van der Waals surface area contributed by atoms with Crippen LogP contribution < -0.4 is 5.73 Å². The normalized spacial score (nSPS) is 11.3. The lowest BCUT2D eigenvalue weighted by Gasteiger charge is -2.04. The van der Waals surface area contributed by atoms with Crippen LogP contribution >= 0.6 is 0 Å². The summed E-state index contributed by atoms with van der Waals surface area (Å²) in [5.41, 5.74) is 9.85. The molecule has 0 aliphatic heterocycles. The lowest BCUT2D eigenvalue weighted by molar-refractivity contribution is 0.373. The minimum absolute atomic E-state index is 0.512. The maximum Gasteiger partial charge on any atom is 0.156 e. The van der Waals surface area contributed by atoms with Crippen molar-refractivity contribution in [2.24, 2.45) is 0 Å². The minimum Gasteiger partial charge on any atom is -0.383 e. The van der Waals surface area contributed by atoms with E-state index in [0.29, 0.717) is 12.4 Å². The van der Waals surface area contributed by atoms with Crippen molar-refractivity contribution in [1.82, 2.24) is 19.7 Å². The summed E-state index contributed by atoms with van der Waals surface area (Å²) < 4.78 is 7.34. The number of nitrogens with two attached hydrogens (primary N) is 1. The number of aryl methyl sites for hydroxylation is 2. The molecule has 19 heavy (non-hydrogen) atoms. The van der Waals surface area contributed by atoms with Crippen LogP contribution in [0.4, 0.5) is 5.82 Å². The fourth-order valence-electron chi connectivity index (χ4n) is 2.34. The molecule has 98 valence electrons. The van der Waals surface area contributed by atoms with Crippen LogP contribution in [0.1, 0.15) is 22.7 Å². The predicted octanol–water partition coefficient (Wildman–Crippen LogP) is 1.98. The van der Waals surface area contributed by atoms with E-state index in [2.05, 4.69) is 19.7 Å². The average molecular weight is 257 g/mol. The monoisotopic (exact) mass is 257 g/mol. The molecule has 0 aromatic carbocycles. The van der Waals surface area contributed by atoms with Gasteiger partial charge in [-0.1, -0.05) is 5.16 Å². The van der Waals surface area contributed by atoms with E-state index in [0.717, 1.165) is 33.7 Å². The Morgan fingerprint density at radius 1 is 1.26 bits per heavy atom. The highest BCUT2D eigenvalue weighted by molar-refractivity contribution is 5.90. The van der Waals surface area contributed by atoms with Crippen LogP contribution in [0.25, 0.3) is 11.0 Å². The highest BCUT2D eigenvalue weighted by atomic mass is 16.5. The van der Waals surface area contributed by atoms with E-state index in [-0.39, 0.29) is 0 Å². The molecule has 0 saturated heterocycles. The second-order valence-corrected chi connectivity index (χ2v) is 4.69. The fraction of sp³-hybridized carbons (Fsp3) is 0.308. The maximum atomic E-state index is 5.94. The number of nitrogens with zero attached hydrogens (tertiary/aromatic N) is 4. The predicted molar refractivity (Wildman–Crippen MR) is 71.8 cm³/mol. The second kappa shape index (κ2) is 4.08. The lowest BCUT2D eigenvalue weighted by Crippen LogP contribution is -2.02. The van der Waals surface area contributed by atoms with Crippen LogP contribution in [0.5, 0.6) is 0 Å². The van der Waals surface area contributed by atoms with E-state index >= 15 is 0 Å². The Kier molecular flexibility index (Phi) is 2.51. The van der Waals surface area contributed by atoms with Crippen LogP contribution in [0.15, 0.2) is 16.9 Å². The molecule has 2 N–H and O–H groups in total. The third-order valence-corrected chi connectivity index (χ3v) is 3.43. The average Bonchev–Trinajstić information content (AvgIpc) is 2.88. The van der Waals surface area contributed by atoms with Gasteiger partial charge in [0.25, 0.3) is 0 Å². The van der Waals surface area contributed by atoms with Gasteiger partial charge in [-0.2, -0.15) is 0 Å². The zero-order valence-corrected chi connectivity index (χ0v) is 11.1. The standard InChI is InChI=1S/C13H15N5O/c1-7-4-10(19-17-7)5-18-9(3)8(2)11-12(14)15-6-16-13(11)18/h4,6H,5H2,1-3H3,(H2,14,15,16). The Morgan fingerprint density at radius 2 is 2.05 bits per heavy atom. The molecule has 6 heteroatoms. The van der Waals surface area contributed by atoms with Crippen molar-refractivity contribution in [2.45, 2.75) is 27.3 Å². The van der Waals surface area contributed by atoms with Gasteiger partial charge in [-0.05, 0) is 26.3 Å². The molecule has 0 amide bonds. The number of hydrogen-bond acceptors (Lipinski definition) is 5. The number of hydrogen-bond donors (Lipinski definition) is 1. The largest absolute Gasteiger partial charge is 0.383 e. The Labute approximate surface area is 110 Å². The summed E-state index contributed by atoms with van der Waals surface area (Å²) in [6.07, 6.45) is 1.48. The summed E-state index contributed by atoms with van der Waals surface area (Å²) in [7, 11) is 0. The molecule has 3 aromatic rings. The van der Waals surface area contributed by atoms with Gasteiger partial charge in [-0.25, -0.2) is 9.97 Å². The minimum atomic E-state index is 0.512. The number of nitrogen functional groups attached to an aromatic ring is 1. The van der Waals surface area contributed by atoms with E-state index < -0.39 is 0 Å². The Hall–Kier alpha value is -2.37. The molecule has 3 aromatic heterocycles. The molecule has 0 atom stereocenters. The van der Waals surface area contributed by atoms with Crippen LogP contribution in [0.3, 0.4) is 0 Å². The van der Waals surface area contributed by atoms with Crippen molar-refractivity contribution in [3.05, 3.63) is 35.1 Å². The van der Waals surface area contributed by atoms with E-state index in [1.165, 1.54) is 6.33 Å². The molecule has 0 radical (unpaired) electrons. The fourth-order valence-corrected chi connectivity index (χ4v) is 2.34. The van der Waals surface area contributed by atoms with Gasteiger partial charge in [-0.3, -0.25) is 0 Å². The van der Waals surface area contributed by atoms with Crippen molar-refractivity contribution < 1.29 is 4.52 Å². The topological polar surface area (TPSA) is 82.8 Å². The first kappa shape index (κ1) is 11.7. The third kappa shape index (κ3) is 1.76. The molecule has 6 nitrogen and oxygen atoms in total. The third-order valence-electron chi connectivity index (χ3n) is 3.43. The highest BCUT2D eigenvalue weighted by Crippen LogP contribution is 2.27. The number of anilines is 1. The van der Waals surface area contributed by atoms with E-state index in [4.69, 9.17) is 10.3 Å². The summed E-state index contributed by atoms with van der Waals surface area (Å²) in [4.78, 5) is 8.39. The molecule has 0 spiro atoms. The molecular weight excluding hydrogens is 242 g/mol. The quantitative estimate of drug-likeness (QED) is 0.759. The van der Waals surface area contributed by atoms with Crippen LogP contribution in [-0.2, 0) is 6.54 Å². The molecule has 3 heterocycles. The molecule has 0 bridgehead atoms. The first-order valence-corrected chi connectivity index (χ1v) is 6.06. The zero-order chi connectivity index (χ0) is 13.6. The van der Waals surface area contributed by atoms with E-state index in [9.17, 15) is 0 Å². The zero-order valence-electron chi connectivity index (χ0n) is 11.1. The van der Waals surface area contributed by atoms with Gasteiger partial charge in [0.15, 0.2) is 5.76 Å². The van der Waals surface area contributed by atoms with Crippen molar-refractivity contribution in [3.63, 3.8) is 0 Å². The molecule has 0 aliphatic rings. The first-order valence-electron chi connectivity index (χ1n) is 6.06. The SMILES string of the molecule is Cc1cc(Cn2c(C)c(C)c3c(N)ncnc32)on1. The summed E-state index contributed by atoms with van der Waals surface area (Å²) in [6, 6.07) is 1.92. The van der Waals surface area contributed by atoms with Gasteiger partial charge in [0.05, 0.1) is 17.6 Å². The van der Waals surface area contributed by atoms with Gasteiger partial charge in [0.1, 0.15) is 17.8 Å². The van der Waals surface area contributed by atoms with E-state index in [1.54, 1.807) is 0 Å². The van der Waals surface area contributed by atoms with Gasteiger partial charge >= 0.3 is 0 Å². The number of aromatic nitrogens is 4. The summed E-state index contributed by atoms with van der Waals surface area (Å²) in [5, 5.41) is 4.81. The van der Waals surface area contributed by atoms with E-state index in [1.807, 2.05) is 26.8 Å². The van der Waals surface area contributed by atoms with Gasteiger partial charge in [-0.15, -0.1) is 0 Å². The maximum absolute atomic E-state index is 5.94. The highest BCUT2D eigenvalue weighted by Gasteiger charge is 2.16. The first-order chi connectivity index (χ1) is 9.08. The molecule has 0 unspecified atom stereocenters. The van der Waals surface area contributed by atoms with Crippen molar-refractivity contribution >= 4 is 16.9 Å². The van der Waals surface area contributed by atoms with Crippen LogP contribution in [0, 0.1) is 20.8 Å². The number of fused-ring (bicyclic) bond motifs is 1. The Balaban J connectivity index is 2.18. The van der Waals surface area contributed by atoms with Crippen molar-refractivity contribution in [3.8, 4) is 0 Å². The molecular formula is C13H15N5O. The molecule has 0 aliphatic carbocycles. The van der Waals surface area contributed by atoms with Crippen molar-refractivity contribution in [1.29, 1.82) is 0 Å². The number of rotatable bonds is 2. The van der Waals surface area contributed by atoms with Gasteiger partial charge in [0.2, 0.25) is 0 Å². The van der Waals surface area contributed by atoms with Gasteiger partial charge < -0.3 is 14.8 Å². The molecule has 3 rings (SSSR count). The Morgan fingerprint density at radius 3 is 2.74 bits per heavy atom. The van der Waals surface area contributed by atoms with Gasteiger partial charge in [0, 0.05) is 11.8 Å². The van der Waals surface area contributed by atoms with Crippen molar-refractivity contribution in [2.75, 3.05) is 5.73 Å².